The van der Waals surface area contributed by atoms with Gasteiger partial charge in [0, 0.05) is 0 Å². The Hall–Kier alpha value is -2.22. The summed E-state index contributed by atoms with van der Waals surface area (Å²) in [6, 6.07) is 6.22. The number of rotatable bonds is 1. The van der Waals surface area contributed by atoms with Gasteiger partial charge >= 0.3 is 0 Å². The van der Waals surface area contributed by atoms with Gasteiger partial charge in [-0.3, -0.25) is 4.57 Å². The molecule has 1 heterocycles. The van der Waals surface area contributed by atoms with Crippen LogP contribution in [-0.2, 0) is 0 Å². The van der Waals surface area contributed by atoms with E-state index < -0.39 is 5.82 Å². The third kappa shape index (κ3) is 1.23. The van der Waals surface area contributed by atoms with Crippen molar-refractivity contribution in [2.45, 2.75) is 0 Å². The van der Waals surface area contributed by atoms with E-state index in [2.05, 4.69) is 10.2 Å². The van der Waals surface area contributed by atoms with Crippen LogP contribution in [0, 0.1) is 17.1 Å². The molecular weight excluding hydrogens is 183 g/mol. The van der Waals surface area contributed by atoms with Gasteiger partial charge in [-0.2, -0.15) is 5.26 Å². The van der Waals surface area contributed by atoms with Crippen molar-refractivity contribution in [2.24, 2.45) is 0 Å². The van der Waals surface area contributed by atoms with Crippen LogP contribution in [0.5, 0.6) is 0 Å². The third-order valence-corrected chi connectivity index (χ3v) is 1.78. The summed E-state index contributed by atoms with van der Waals surface area (Å²) in [4.78, 5) is 0. The Morgan fingerprint density at radius 2 is 2.00 bits per heavy atom. The molecule has 1 aromatic heterocycles. The molecule has 0 radical (unpaired) electrons. The first-order valence-electron chi connectivity index (χ1n) is 3.86. The molecule has 1 aromatic carbocycles. The normalized spacial score (nSPS) is 9.71. The van der Waals surface area contributed by atoms with Crippen molar-refractivity contribution >= 4 is 0 Å². The molecule has 0 saturated heterocycles. The minimum Gasteiger partial charge on any atom is -0.284 e. The molecule has 4 nitrogen and oxygen atoms in total. The first-order valence-corrected chi connectivity index (χ1v) is 3.86. The van der Waals surface area contributed by atoms with Gasteiger partial charge in [-0.1, -0.05) is 6.07 Å². The van der Waals surface area contributed by atoms with Gasteiger partial charge < -0.3 is 0 Å². The van der Waals surface area contributed by atoms with Crippen molar-refractivity contribution in [3.63, 3.8) is 0 Å². The second kappa shape index (κ2) is 3.26. The summed E-state index contributed by atoms with van der Waals surface area (Å²) in [5.74, 6) is -0.469. The number of aromatic nitrogens is 3. The number of para-hydroxylation sites is 1. The van der Waals surface area contributed by atoms with Crippen molar-refractivity contribution in [1.29, 1.82) is 5.26 Å². The smallest absolute Gasteiger partial charge is 0.148 e. The molecule has 2 aromatic rings. The van der Waals surface area contributed by atoms with E-state index in [0.717, 1.165) is 0 Å². The van der Waals surface area contributed by atoms with Crippen molar-refractivity contribution < 1.29 is 4.39 Å². The molecule has 0 N–H and O–H groups in total. The van der Waals surface area contributed by atoms with Gasteiger partial charge in [-0.25, -0.2) is 4.39 Å². The zero-order chi connectivity index (χ0) is 9.97. The number of nitriles is 1. The molecule has 68 valence electrons. The summed E-state index contributed by atoms with van der Waals surface area (Å²) in [7, 11) is 0. The molecule has 0 aliphatic heterocycles. The molecule has 0 amide bonds. The predicted molar refractivity (Wildman–Crippen MR) is 46.0 cm³/mol. The summed E-state index contributed by atoms with van der Waals surface area (Å²) in [5.41, 5.74) is 0.435. The van der Waals surface area contributed by atoms with Gasteiger partial charge in [-0.05, 0) is 12.1 Å². The Morgan fingerprint density at radius 1 is 1.29 bits per heavy atom. The van der Waals surface area contributed by atoms with Crippen LogP contribution in [0.4, 0.5) is 4.39 Å². The monoisotopic (exact) mass is 188 g/mol. The summed E-state index contributed by atoms with van der Waals surface area (Å²) in [6.45, 7) is 0. The molecule has 14 heavy (non-hydrogen) atoms. The van der Waals surface area contributed by atoms with Crippen molar-refractivity contribution in [3.8, 4) is 11.8 Å². The zero-order valence-corrected chi connectivity index (χ0v) is 7.05. The fourth-order valence-electron chi connectivity index (χ4n) is 1.18. The summed E-state index contributed by atoms with van der Waals surface area (Å²) >= 11 is 0. The van der Waals surface area contributed by atoms with E-state index in [9.17, 15) is 4.39 Å². The Balaban J connectivity index is 2.69. The molecule has 0 aliphatic rings. The van der Waals surface area contributed by atoms with Gasteiger partial charge in [0.2, 0.25) is 0 Å². The lowest BCUT2D eigenvalue weighted by molar-refractivity contribution is 0.617. The minimum atomic E-state index is -0.469. The van der Waals surface area contributed by atoms with E-state index in [0.29, 0.717) is 0 Å². The number of benzene rings is 1. The van der Waals surface area contributed by atoms with Crippen LogP contribution in [0.1, 0.15) is 5.56 Å². The van der Waals surface area contributed by atoms with Crippen LogP contribution in [0.25, 0.3) is 5.69 Å². The lowest BCUT2D eigenvalue weighted by Gasteiger charge is -2.03. The molecule has 0 fully saturated rings. The van der Waals surface area contributed by atoms with Crippen molar-refractivity contribution in [2.75, 3.05) is 0 Å². The minimum absolute atomic E-state index is 0.181. The highest BCUT2D eigenvalue weighted by Gasteiger charge is 2.09. The Morgan fingerprint density at radius 3 is 2.64 bits per heavy atom. The fraction of sp³-hybridized carbons (Fsp3) is 0. The molecule has 0 aliphatic carbocycles. The summed E-state index contributed by atoms with van der Waals surface area (Å²) in [6.07, 6.45) is 2.69. The molecule has 0 saturated carbocycles. The van der Waals surface area contributed by atoms with Gasteiger partial charge in [0.05, 0.1) is 5.56 Å². The first-order chi connectivity index (χ1) is 6.83. The number of hydrogen-bond donors (Lipinski definition) is 0. The maximum Gasteiger partial charge on any atom is 0.148 e. The first kappa shape index (κ1) is 8.38. The second-order valence-corrected chi connectivity index (χ2v) is 2.62. The molecule has 0 bridgehead atoms. The fourth-order valence-corrected chi connectivity index (χ4v) is 1.18. The maximum absolute atomic E-state index is 13.4. The highest BCUT2D eigenvalue weighted by Crippen LogP contribution is 2.16. The van der Waals surface area contributed by atoms with Crippen LogP contribution < -0.4 is 0 Å². The predicted octanol–water partition coefficient (Wildman–Crippen LogP) is 1.28. The average molecular weight is 188 g/mol. The lowest BCUT2D eigenvalue weighted by atomic mass is 10.2. The molecule has 0 unspecified atom stereocenters. The number of hydrogen-bond acceptors (Lipinski definition) is 3. The summed E-state index contributed by atoms with van der Waals surface area (Å²) in [5, 5.41) is 15.9. The van der Waals surface area contributed by atoms with Gasteiger partial charge in [0.25, 0.3) is 0 Å². The zero-order valence-electron chi connectivity index (χ0n) is 7.05. The van der Waals surface area contributed by atoms with Crippen LogP contribution in [0.15, 0.2) is 30.9 Å². The Labute approximate surface area is 79.2 Å². The lowest BCUT2D eigenvalue weighted by Crippen LogP contribution is -1.98. The standard InChI is InChI=1S/C9H5FN4/c10-8-3-1-2-7(4-11)9(8)14-5-12-13-6-14/h1-3,5-6H. The van der Waals surface area contributed by atoms with Crippen molar-refractivity contribution in [3.05, 3.63) is 42.2 Å². The van der Waals surface area contributed by atoms with E-state index in [-0.39, 0.29) is 11.3 Å². The van der Waals surface area contributed by atoms with E-state index in [1.807, 2.05) is 6.07 Å². The van der Waals surface area contributed by atoms with Crippen LogP contribution in [-0.4, -0.2) is 14.8 Å². The molecule has 5 heteroatoms. The third-order valence-electron chi connectivity index (χ3n) is 1.78. The molecule has 0 spiro atoms. The van der Waals surface area contributed by atoms with Gasteiger partial charge in [0.15, 0.2) is 0 Å². The Bertz CT molecular complexity index is 484. The maximum atomic E-state index is 13.4. The number of halogens is 1. The van der Waals surface area contributed by atoms with E-state index >= 15 is 0 Å². The van der Waals surface area contributed by atoms with Crippen LogP contribution in [0.2, 0.25) is 0 Å². The largest absolute Gasteiger partial charge is 0.284 e. The molecule has 0 atom stereocenters. The summed E-state index contributed by atoms with van der Waals surface area (Å²) < 4.78 is 14.7. The number of nitrogens with zero attached hydrogens (tertiary/aromatic N) is 4. The molecule has 2 rings (SSSR count). The van der Waals surface area contributed by atoms with Crippen LogP contribution >= 0.6 is 0 Å². The SMILES string of the molecule is N#Cc1cccc(F)c1-n1cnnc1. The second-order valence-electron chi connectivity index (χ2n) is 2.62. The highest BCUT2D eigenvalue weighted by atomic mass is 19.1. The Kier molecular flexibility index (Phi) is 1.95. The average Bonchev–Trinajstić information content (AvgIpc) is 2.70. The topological polar surface area (TPSA) is 54.5 Å². The van der Waals surface area contributed by atoms with E-state index in [1.54, 1.807) is 6.07 Å². The van der Waals surface area contributed by atoms with Gasteiger partial charge in [-0.15, -0.1) is 10.2 Å². The van der Waals surface area contributed by atoms with E-state index in [1.165, 1.54) is 29.4 Å². The molecular formula is C9H5FN4. The highest BCUT2D eigenvalue weighted by molar-refractivity contribution is 5.49. The van der Waals surface area contributed by atoms with Crippen LogP contribution in [0.3, 0.4) is 0 Å². The quantitative estimate of drug-likeness (QED) is 0.677. The van der Waals surface area contributed by atoms with Gasteiger partial charge in [0.1, 0.15) is 30.2 Å². The van der Waals surface area contributed by atoms with E-state index in [4.69, 9.17) is 5.26 Å². The van der Waals surface area contributed by atoms with Crippen molar-refractivity contribution in [1.82, 2.24) is 14.8 Å².